The fraction of sp³-hybridized carbons (Fsp3) is 0.557. The van der Waals surface area contributed by atoms with Crippen LogP contribution in [0.2, 0.25) is 5.02 Å². The highest BCUT2D eigenvalue weighted by Gasteiger charge is 2.64. The van der Waals surface area contributed by atoms with Crippen molar-refractivity contribution < 1.29 is 91.1 Å². The van der Waals surface area contributed by atoms with Gasteiger partial charge in [-0.15, -0.1) is 5.06 Å². The number of anilines is 2. The minimum absolute atomic E-state index is 0.0353. The van der Waals surface area contributed by atoms with Crippen LogP contribution in [0.1, 0.15) is 117 Å². The molecule has 90 heavy (non-hydrogen) atoms. The Labute approximate surface area is 526 Å². The Balaban J connectivity index is 1.08. The number of benzene rings is 2. The maximum atomic E-state index is 14.4. The van der Waals surface area contributed by atoms with Crippen LogP contribution in [0.5, 0.6) is 5.75 Å². The molecule has 10 atom stereocenters. The number of likely N-dealkylation sites (N-methyl/N-ethyl adjacent to an activating group) is 1. The summed E-state index contributed by atoms with van der Waals surface area (Å²) in [5.41, 5.74) is 4.60. The Morgan fingerprint density at radius 2 is 1.62 bits per heavy atom. The normalized spacial score (nSPS) is 24.5. The van der Waals surface area contributed by atoms with Crippen molar-refractivity contribution in [2.24, 2.45) is 17.6 Å². The number of methoxy groups -OCH3 is 2. The summed E-state index contributed by atoms with van der Waals surface area (Å²) < 4.78 is 35.0. The van der Waals surface area contributed by atoms with E-state index < -0.39 is 138 Å². The lowest BCUT2D eigenvalue weighted by Crippen LogP contribution is -2.63. The number of hydrogen-bond acceptors (Lipinski definition) is 19. The predicted octanol–water partition coefficient (Wildman–Crippen LogP) is 4.50. The Morgan fingerprint density at radius 3 is 2.27 bits per heavy atom. The number of nitrogens with zero attached hydrogens (tertiary/aromatic N) is 3. The fourth-order valence-electron chi connectivity index (χ4n) is 10.5. The number of alkyl carbamates (subject to hydrolysis) is 1. The van der Waals surface area contributed by atoms with Gasteiger partial charge in [-0.3, -0.25) is 39.0 Å². The molecular formula is C61H82ClN9O19. The van der Waals surface area contributed by atoms with Gasteiger partial charge in [-0.05, 0) is 94.2 Å². The smallest absolute Gasteiger partial charge is 0.410 e. The molecule has 3 fully saturated rings. The first kappa shape index (κ1) is 70.7. The average molecular weight is 1280 g/mol. The number of fused-ring (bicyclic) bond motifs is 5. The maximum Gasteiger partial charge on any atom is 0.410 e. The van der Waals surface area contributed by atoms with Crippen molar-refractivity contribution in [2.45, 2.75) is 173 Å². The highest BCUT2D eigenvalue weighted by Crippen LogP contribution is 2.49. The predicted molar refractivity (Wildman–Crippen MR) is 322 cm³/mol. The summed E-state index contributed by atoms with van der Waals surface area (Å²) in [4.78, 5) is 150. The molecule has 8 N–H and O–H groups in total. The second-order valence-electron chi connectivity index (χ2n) is 23.3. The highest BCUT2D eigenvalue weighted by atomic mass is 35.5. The number of aliphatic hydroxyl groups is 1. The van der Waals surface area contributed by atoms with E-state index in [0.29, 0.717) is 28.5 Å². The van der Waals surface area contributed by atoms with E-state index in [9.17, 15) is 57.8 Å². The number of hydrogen-bond donors (Lipinski definition) is 7. The lowest BCUT2D eigenvalue weighted by molar-refractivity contribution is -0.197. The van der Waals surface area contributed by atoms with Crippen LogP contribution in [-0.2, 0) is 79.9 Å². The van der Waals surface area contributed by atoms with E-state index in [0.717, 1.165) is 16.0 Å². The summed E-state index contributed by atoms with van der Waals surface area (Å²) >= 11 is 6.83. The zero-order chi connectivity index (χ0) is 66.4. The van der Waals surface area contributed by atoms with Crippen LogP contribution in [0.4, 0.5) is 25.8 Å². The van der Waals surface area contributed by atoms with Gasteiger partial charge in [0, 0.05) is 71.5 Å². The molecule has 0 unspecified atom stereocenters. The number of allylic oxidation sites excluding steroid dienone is 3. The second kappa shape index (κ2) is 31.4. The molecule has 0 aromatic heterocycles. The SMILES string of the molecule is COc1cc2cc(c1Cl)N(C)C(=O)C[C@H](OC(=O)[C@H](C)N(C)C(=O)OCc1ccc(NC(=O)[C@H](CCCNC(N)=O)NC(=O)[C@@H](NC(=O)CCCCC(=O)ON3C(=O)CCC3=O)C(C)C)cc1)[C@]1(C)O[C@H]1[C@H](C)[C@@H]1C[C@@](O)(NC(=O)O1)[C@H](OC)/C=C\C=C(\C)C2. The lowest BCUT2D eigenvalue weighted by Gasteiger charge is -2.42. The first-order valence-electron chi connectivity index (χ1n) is 29.6. The van der Waals surface area contributed by atoms with Gasteiger partial charge in [0.25, 0.3) is 11.8 Å². The number of carbonyl (C=O) groups is 11. The monoisotopic (exact) mass is 1280 g/mol. The number of halogens is 1. The molecule has 0 radical (unpaired) electrons. The Morgan fingerprint density at radius 1 is 0.944 bits per heavy atom. The maximum absolute atomic E-state index is 14.4. The number of unbranched alkanes of at least 4 members (excludes halogenated alkanes) is 1. The van der Waals surface area contributed by atoms with Crippen molar-refractivity contribution in [3.8, 4) is 5.75 Å². The van der Waals surface area contributed by atoms with Crippen LogP contribution < -0.4 is 42.0 Å². The average Bonchev–Trinajstić information content (AvgIpc) is 1.57. The van der Waals surface area contributed by atoms with E-state index in [4.69, 9.17) is 50.6 Å². The number of ether oxygens (including phenoxy) is 6. The summed E-state index contributed by atoms with van der Waals surface area (Å²) in [6, 6.07) is 5.31. The van der Waals surface area contributed by atoms with Gasteiger partial charge in [-0.1, -0.05) is 68.3 Å². The molecule has 492 valence electrons. The van der Waals surface area contributed by atoms with Gasteiger partial charge in [-0.2, -0.15) is 0 Å². The van der Waals surface area contributed by atoms with Crippen LogP contribution >= 0.6 is 11.6 Å². The molecule has 4 bridgehead atoms. The Kier molecular flexibility index (Phi) is 24.7. The minimum Gasteiger partial charge on any atom is -0.495 e. The molecule has 4 aliphatic heterocycles. The molecule has 0 saturated carbocycles. The van der Waals surface area contributed by atoms with Gasteiger partial charge >= 0.3 is 30.2 Å². The summed E-state index contributed by atoms with van der Waals surface area (Å²) in [7, 11) is 5.68. The second-order valence-corrected chi connectivity index (χ2v) is 23.7. The molecule has 4 aliphatic rings. The molecule has 6 rings (SSSR count). The fourth-order valence-corrected chi connectivity index (χ4v) is 10.8. The molecule has 10 amide bonds. The molecule has 3 saturated heterocycles. The van der Waals surface area contributed by atoms with Gasteiger partial charge in [0.2, 0.25) is 23.6 Å². The summed E-state index contributed by atoms with van der Waals surface area (Å²) in [6.07, 6.45) is -0.675. The van der Waals surface area contributed by atoms with Crippen LogP contribution in [-0.4, -0.2) is 169 Å². The minimum atomic E-state index is -1.92. The molecule has 28 nitrogen and oxygen atoms in total. The van der Waals surface area contributed by atoms with Crippen molar-refractivity contribution in [1.82, 2.24) is 31.2 Å². The van der Waals surface area contributed by atoms with Crippen LogP contribution in [0.15, 0.2) is 60.2 Å². The van der Waals surface area contributed by atoms with Crippen LogP contribution in [0.25, 0.3) is 0 Å². The number of epoxide rings is 1. The number of amides is 10. The lowest BCUT2D eigenvalue weighted by atomic mass is 9.83. The number of nitrogens with one attached hydrogen (secondary N) is 5. The van der Waals surface area contributed by atoms with Crippen molar-refractivity contribution in [1.29, 1.82) is 0 Å². The van der Waals surface area contributed by atoms with Crippen molar-refractivity contribution in [3.63, 3.8) is 0 Å². The first-order valence-corrected chi connectivity index (χ1v) is 29.9. The zero-order valence-electron chi connectivity index (χ0n) is 52.2. The number of nitrogens with two attached hydrogens (primary N) is 1. The van der Waals surface area contributed by atoms with E-state index >= 15 is 0 Å². The van der Waals surface area contributed by atoms with Crippen molar-refractivity contribution in [2.75, 3.05) is 45.1 Å². The Hall–Kier alpha value is -8.34. The van der Waals surface area contributed by atoms with Crippen molar-refractivity contribution >= 4 is 88.6 Å². The topological polar surface area (TPSA) is 372 Å². The molecule has 0 spiro atoms. The van der Waals surface area contributed by atoms with E-state index in [-0.39, 0.29) is 81.6 Å². The largest absolute Gasteiger partial charge is 0.495 e. The van der Waals surface area contributed by atoms with E-state index in [1.807, 2.05) is 13.0 Å². The number of carbonyl (C=O) groups excluding carboxylic acids is 11. The third-order valence-corrected chi connectivity index (χ3v) is 16.5. The quantitative estimate of drug-likeness (QED) is 0.0265. The summed E-state index contributed by atoms with van der Waals surface area (Å²) in [5.74, 6) is -6.11. The van der Waals surface area contributed by atoms with E-state index in [2.05, 4.69) is 26.6 Å². The Bertz CT molecular complexity index is 3070. The number of esters is 1. The first-order chi connectivity index (χ1) is 42.5. The summed E-state index contributed by atoms with van der Waals surface area (Å²) in [6.45, 7) is 9.84. The molecule has 2 aromatic carbocycles. The van der Waals surface area contributed by atoms with Crippen molar-refractivity contribution in [3.05, 3.63) is 76.3 Å². The molecule has 4 heterocycles. The standard InChI is InChI=1S/C61H82ClN9O19/c1-33(2)52(67-46(72)18-11-12-19-50(76)90-71-47(73)24-25-48(71)74)55(78)66-40(16-14-26-64-57(63)80)54(77)65-39-22-20-37(21-23-39)32-86-59(82)69(7)36(5)56(79)88-45-30-49(75)70(8)41-28-38(29-42(84-9)51(41)62)27-34(3)15-13-17-44(85-10)61(83)31-43(87-58(81)68-61)35(4)53-60(45,6)89-53/h13,15,17,20-23,28-29,33,35-36,40,43-45,52-53,83H,11-12,14,16,18-19,24-27,30-32H2,1-10H3,(H,65,77)(H,66,78)(H,67,72)(H,68,81)(H3,63,64,80)/b17-13-,34-15-/t35-,36+,40+,43+,44-,45+,52+,53+,60+,61+/m1/s1. The molecule has 0 aliphatic carbocycles. The van der Waals surface area contributed by atoms with Gasteiger partial charge in [0.1, 0.15) is 59.4 Å². The van der Waals surface area contributed by atoms with Gasteiger partial charge < -0.3 is 70.3 Å². The number of urea groups is 1. The van der Waals surface area contributed by atoms with Gasteiger partial charge in [0.05, 0.1) is 25.3 Å². The highest BCUT2D eigenvalue weighted by molar-refractivity contribution is 6.35. The number of hydroxylamine groups is 2. The van der Waals surface area contributed by atoms with Gasteiger partial charge in [-0.25, -0.2) is 24.0 Å². The third kappa shape index (κ3) is 18.6. The van der Waals surface area contributed by atoms with Crippen LogP contribution in [0, 0.1) is 11.8 Å². The van der Waals surface area contributed by atoms with Gasteiger partial charge in [0.15, 0.2) is 5.72 Å². The molecule has 29 heteroatoms. The summed E-state index contributed by atoms with van der Waals surface area (Å²) in [5, 5.41) is 25.5. The van der Waals surface area contributed by atoms with Crippen LogP contribution in [0.3, 0.4) is 0 Å². The zero-order valence-corrected chi connectivity index (χ0v) is 52.9. The molecular weight excluding hydrogens is 1200 g/mol. The third-order valence-electron chi connectivity index (χ3n) is 16.1. The number of primary amides is 1. The number of rotatable bonds is 23. The molecule has 2 aromatic rings. The number of imide groups is 1. The van der Waals surface area contributed by atoms with E-state index in [1.54, 1.807) is 64.1 Å². The van der Waals surface area contributed by atoms with E-state index in [1.165, 1.54) is 52.3 Å².